The van der Waals surface area contributed by atoms with E-state index in [-0.39, 0.29) is 0 Å². The standard InChI is InChI=1S/C11H8O3/c12-11-13-9-6-5-7-3-1-2-4-8(7)10(9)14-11/h1-6,11-12H. The highest BCUT2D eigenvalue weighted by Gasteiger charge is 2.23. The highest BCUT2D eigenvalue weighted by molar-refractivity contribution is 5.91. The summed E-state index contributed by atoms with van der Waals surface area (Å²) >= 11 is 0. The van der Waals surface area contributed by atoms with Gasteiger partial charge in [-0.1, -0.05) is 30.3 Å². The topological polar surface area (TPSA) is 38.7 Å². The maximum absolute atomic E-state index is 9.17. The van der Waals surface area contributed by atoms with Crippen LogP contribution in [0.3, 0.4) is 0 Å². The van der Waals surface area contributed by atoms with Gasteiger partial charge in [-0.25, -0.2) is 0 Å². The molecule has 1 N–H and O–H groups in total. The van der Waals surface area contributed by atoms with Crippen molar-refractivity contribution in [1.29, 1.82) is 0 Å². The number of fused-ring (bicyclic) bond motifs is 3. The molecule has 1 aliphatic heterocycles. The third kappa shape index (κ3) is 0.961. The van der Waals surface area contributed by atoms with Crippen molar-refractivity contribution in [3.63, 3.8) is 0 Å². The molecule has 0 fully saturated rings. The number of ether oxygens (including phenoxy) is 2. The van der Waals surface area contributed by atoms with Gasteiger partial charge in [0.1, 0.15) is 0 Å². The van der Waals surface area contributed by atoms with Crippen LogP contribution in [0.25, 0.3) is 10.8 Å². The Bertz CT molecular complexity index is 493. The predicted molar refractivity (Wildman–Crippen MR) is 51.2 cm³/mol. The van der Waals surface area contributed by atoms with E-state index in [1.54, 1.807) is 6.07 Å². The molecular weight excluding hydrogens is 180 g/mol. The van der Waals surface area contributed by atoms with Crippen LogP contribution in [-0.2, 0) is 0 Å². The quantitative estimate of drug-likeness (QED) is 0.686. The van der Waals surface area contributed by atoms with Gasteiger partial charge in [0.15, 0.2) is 11.5 Å². The maximum Gasteiger partial charge on any atom is 0.358 e. The van der Waals surface area contributed by atoms with Crippen LogP contribution in [0.2, 0.25) is 0 Å². The molecule has 1 aliphatic rings. The number of benzene rings is 2. The first-order chi connectivity index (χ1) is 6.84. The zero-order valence-electron chi connectivity index (χ0n) is 7.31. The van der Waals surface area contributed by atoms with Gasteiger partial charge >= 0.3 is 6.48 Å². The van der Waals surface area contributed by atoms with Gasteiger partial charge in [0.05, 0.1) is 0 Å². The maximum atomic E-state index is 9.17. The highest BCUT2D eigenvalue weighted by Crippen LogP contribution is 2.40. The molecule has 14 heavy (non-hydrogen) atoms. The molecule has 1 heterocycles. The summed E-state index contributed by atoms with van der Waals surface area (Å²) < 4.78 is 10.2. The molecule has 0 saturated carbocycles. The zero-order valence-corrected chi connectivity index (χ0v) is 7.31. The summed E-state index contributed by atoms with van der Waals surface area (Å²) in [5.41, 5.74) is 0. The van der Waals surface area contributed by atoms with E-state index in [2.05, 4.69) is 0 Å². The van der Waals surface area contributed by atoms with Crippen molar-refractivity contribution in [1.82, 2.24) is 0 Å². The van der Waals surface area contributed by atoms with Gasteiger partial charge in [0.25, 0.3) is 0 Å². The fraction of sp³-hybridized carbons (Fsp3) is 0.0909. The second-order valence-electron chi connectivity index (χ2n) is 3.16. The lowest BCUT2D eigenvalue weighted by Gasteiger charge is -2.01. The predicted octanol–water partition coefficient (Wildman–Crippen LogP) is 1.89. The zero-order chi connectivity index (χ0) is 9.54. The molecular formula is C11H8O3. The van der Waals surface area contributed by atoms with E-state index in [9.17, 15) is 0 Å². The molecule has 0 saturated heterocycles. The van der Waals surface area contributed by atoms with E-state index in [0.717, 1.165) is 10.8 Å². The SMILES string of the molecule is OC1Oc2ccc3ccccc3c2O1. The minimum atomic E-state index is -1.17. The Morgan fingerprint density at radius 1 is 1.00 bits per heavy atom. The van der Waals surface area contributed by atoms with Crippen LogP contribution in [0.4, 0.5) is 0 Å². The van der Waals surface area contributed by atoms with E-state index in [4.69, 9.17) is 14.6 Å². The Morgan fingerprint density at radius 2 is 1.86 bits per heavy atom. The summed E-state index contributed by atoms with van der Waals surface area (Å²) in [5, 5.41) is 11.2. The molecule has 1 unspecified atom stereocenters. The number of hydrogen-bond acceptors (Lipinski definition) is 3. The number of aliphatic hydroxyl groups excluding tert-OH is 1. The van der Waals surface area contributed by atoms with E-state index in [1.165, 1.54) is 0 Å². The van der Waals surface area contributed by atoms with Crippen LogP contribution in [0.5, 0.6) is 11.5 Å². The van der Waals surface area contributed by atoms with Crippen molar-refractivity contribution in [2.75, 3.05) is 0 Å². The van der Waals surface area contributed by atoms with Crippen molar-refractivity contribution in [2.45, 2.75) is 6.48 Å². The van der Waals surface area contributed by atoms with Gasteiger partial charge in [-0.15, -0.1) is 0 Å². The van der Waals surface area contributed by atoms with Crippen molar-refractivity contribution in [3.05, 3.63) is 36.4 Å². The fourth-order valence-electron chi connectivity index (χ4n) is 1.67. The third-order valence-electron chi connectivity index (χ3n) is 2.29. The smallest absolute Gasteiger partial charge is 0.358 e. The summed E-state index contributed by atoms with van der Waals surface area (Å²) in [5.74, 6) is 1.21. The van der Waals surface area contributed by atoms with Crippen LogP contribution in [0.1, 0.15) is 0 Å². The fourth-order valence-corrected chi connectivity index (χ4v) is 1.67. The van der Waals surface area contributed by atoms with Crippen molar-refractivity contribution < 1.29 is 14.6 Å². The molecule has 3 rings (SSSR count). The van der Waals surface area contributed by atoms with Crippen molar-refractivity contribution >= 4 is 10.8 Å². The Hall–Kier alpha value is -1.74. The molecule has 0 radical (unpaired) electrons. The molecule has 0 aliphatic carbocycles. The van der Waals surface area contributed by atoms with Gasteiger partial charge in [0.2, 0.25) is 0 Å². The van der Waals surface area contributed by atoms with E-state index < -0.39 is 6.48 Å². The van der Waals surface area contributed by atoms with Gasteiger partial charge in [0, 0.05) is 5.39 Å². The Morgan fingerprint density at radius 3 is 2.79 bits per heavy atom. The van der Waals surface area contributed by atoms with Gasteiger partial charge in [-0.3, -0.25) is 0 Å². The largest absolute Gasteiger partial charge is 0.428 e. The monoisotopic (exact) mass is 188 g/mol. The highest BCUT2D eigenvalue weighted by atomic mass is 16.8. The van der Waals surface area contributed by atoms with Crippen LogP contribution in [-0.4, -0.2) is 11.6 Å². The summed E-state index contributed by atoms with van der Waals surface area (Å²) in [7, 11) is 0. The van der Waals surface area contributed by atoms with Crippen molar-refractivity contribution in [3.8, 4) is 11.5 Å². The Labute approximate surface area is 80.5 Å². The lowest BCUT2D eigenvalue weighted by molar-refractivity contribution is -0.132. The second kappa shape index (κ2) is 2.62. The first-order valence-corrected chi connectivity index (χ1v) is 4.38. The number of hydrogen-bond donors (Lipinski definition) is 1. The molecule has 3 nitrogen and oxygen atoms in total. The summed E-state index contributed by atoms with van der Waals surface area (Å²) in [6.45, 7) is -1.17. The Kier molecular flexibility index (Phi) is 1.43. The molecule has 0 aromatic heterocycles. The lowest BCUT2D eigenvalue weighted by atomic mass is 10.1. The third-order valence-corrected chi connectivity index (χ3v) is 2.29. The minimum absolute atomic E-state index is 0.594. The lowest BCUT2D eigenvalue weighted by Crippen LogP contribution is -2.15. The normalized spacial score (nSPS) is 18.8. The van der Waals surface area contributed by atoms with Crippen LogP contribution >= 0.6 is 0 Å². The summed E-state index contributed by atoms with van der Waals surface area (Å²) in [4.78, 5) is 0. The van der Waals surface area contributed by atoms with Gasteiger partial charge in [-0.05, 0) is 11.5 Å². The van der Waals surface area contributed by atoms with E-state index in [0.29, 0.717) is 11.5 Å². The van der Waals surface area contributed by atoms with E-state index in [1.807, 2.05) is 30.3 Å². The number of aliphatic hydroxyl groups is 1. The second-order valence-corrected chi connectivity index (χ2v) is 3.16. The first kappa shape index (κ1) is 7.64. The van der Waals surface area contributed by atoms with Gasteiger partial charge < -0.3 is 14.6 Å². The van der Waals surface area contributed by atoms with Crippen LogP contribution in [0.15, 0.2) is 36.4 Å². The molecule has 0 spiro atoms. The molecule has 0 amide bonds. The Balaban J connectivity index is 2.33. The summed E-state index contributed by atoms with van der Waals surface area (Å²) in [6, 6.07) is 11.6. The average Bonchev–Trinajstić information content (AvgIpc) is 2.59. The first-order valence-electron chi connectivity index (χ1n) is 4.38. The molecule has 2 aromatic rings. The van der Waals surface area contributed by atoms with Gasteiger partial charge in [-0.2, -0.15) is 0 Å². The average molecular weight is 188 g/mol. The van der Waals surface area contributed by atoms with Crippen LogP contribution < -0.4 is 9.47 Å². The number of rotatable bonds is 0. The molecule has 0 bridgehead atoms. The molecule has 70 valence electrons. The summed E-state index contributed by atoms with van der Waals surface area (Å²) in [6.07, 6.45) is 0. The molecule has 3 heteroatoms. The van der Waals surface area contributed by atoms with E-state index >= 15 is 0 Å². The van der Waals surface area contributed by atoms with Crippen LogP contribution in [0, 0.1) is 0 Å². The minimum Gasteiger partial charge on any atom is -0.428 e. The van der Waals surface area contributed by atoms with Crippen molar-refractivity contribution in [2.24, 2.45) is 0 Å². The molecule has 2 aromatic carbocycles. The molecule has 1 atom stereocenters.